The molecule has 2 aromatic carbocycles. The molecule has 2 aromatic heterocycles. The van der Waals surface area contributed by atoms with Crippen LogP contribution in [0.1, 0.15) is 12.0 Å². The van der Waals surface area contributed by atoms with E-state index in [4.69, 9.17) is 4.74 Å². The van der Waals surface area contributed by atoms with Crippen molar-refractivity contribution in [2.24, 2.45) is 0 Å². The van der Waals surface area contributed by atoms with Gasteiger partial charge in [-0.25, -0.2) is 23.4 Å². The van der Waals surface area contributed by atoms with Gasteiger partial charge in [-0.1, -0.05) is 18.2 Å². The maximum atomic E-state index is 13.6. The van der Waals surface area contributed by atoms with Crippen molar-refractivity contribution in [3.05, 3.63) is 94.5 Å². The smallest absolute Gasteiger partial charge is 0.267 e. The van der Waals surface area contributed by atoms with Gasteiger partial charge in [0.15, 0.2) is 11.6 Å². The molecular weight excluding hydrogens is 440 g/mol. The zero-order chi connectivity index (χ0) is 23.5. The SMILES string of the molecule is O=c1ccc(-c2cc(F)cc(F)c2)nn1Cc1cccc(-c2ncc(O[C@@H]3CCNC3)cn2)c1. The molecule has 7 nitrogen and oxygen atoms in total. The lowest BCUT2D eigenvalue weighted by Crippen LogP contribution is -2.22. The van der Waals surface area contributed by atoms with E-state index in [2.05, 4.69) is 20.4 Å². The molecule has 1 fully saturated rings. The van der Waals surface area contributed by atoms with E-state index in [9.17, 15) is 13.6 Å². The number of nitrogens with one attached hydrogen (secondary N) is 1. The first-order chi connectivity index (χ1) is 16.5. The Bertz CT molecular complexity index is 1350. The maximum Gasteiger partial charge on any atom is 0.267 e. The van der Waals surface area contributed by atoms with E-state index in [0.717, 1.165) is 36.7 Å². The molecule has 5 rings (SSSR count). The van der Waals surface area contributed by atoms with Gasteiger partial charge < -0.3 is 10.1 Å². The monoisotopic (exact) mass is 461 g/mol. The summed E-state index contributed by atoms with van der Waals surface area (Å²) in [7, 11) is 0. The second-order valence-electron chi connectivity index (χ2n) is 8.05. The van der Waals surface area contributed by atoms with Crippen molar-refractivity contribution in [3.8, 4) is 28.4 Å². The minimum Gasteiger partial charge on any atom is -0.486 e. The van der Waals surface area contributed by atoms with Crippen molar-refractivity contribution >= 4 is 0 Å². The third kappa shape index (κ3) is 4.99. The Labute approximate surface area is 194 Å². The van der Waals surface area contributed by atoms with Crippen LogP contribution in [0.3, 0.4) is 0 Å². The molecule has 3 heterocycles. The average molecular weight is 461 g/mol. The van der Waals surface area contributed by atoms with Gasteiger partial charge in [0, 0.05) is 29.8 Å². The molecule has 1 aliphatic heterocycles. The minimum absolute atomic E-state index is 0.128. The van der Waals surface area contributed by atoms with E-state index in [1.54, 1.807) is 12.4 Å². The van der Waals surface area contributed by atoms with Crippen LogP contribution in [0.15, 0.2) is 71.8 Å². The fraction of sp³-hybridized carbons (Fsp3) is 0.200. The topological polar surface area (TPSA) is 81.9 Å². The molecule has 0 saturated carbocycles. The Kier molecular flexibility index (Phi) is 6.09. The van der Waals surface area contributed by atoms with E-state index >= 15 is 0 Å². The zero-order valence-corrected chi connectivity index (χ0v) is 18.1. The normalized spacial score (nSPS) is 15.4. The van der Waals surface area contributed by atoms with Crippen LogP contribution in [-0.4, -0.2) is 38.9 Å². The van der Waals surface area contributed by atoms with E-state index in [1.807, 2.05) is 24.3 Å². The molecule has 0 unspecified atom stereocenters. The van der Waals surface area contributed by atoms with Crippen LogP contribution in [0.25, 0.3) is 22.6 Å². The van der Waals surface area contributed by atoms with Gasteiger partial charge in [-0.15, -0.1) is 0 Å². The molecule has 4 aromatic rings. The Morgan fingerprint density at radius 3 is 2.53 bits per heavy atom. The zero-order valence-electron chi connectivity index (χ0n) is 18.1. The molecule has 172 valence electrons. The third-order valence-corrected chi connectivity index (χ3v) is 5.49. The molecule has 0 radical (unpaired) electrons. The van der Waals surface area contributed by atoms with Gasteiger partial charge in [-0.3, -0.25) is 4.79 Å². The summed E-state index contributed by atoms with van der Waals surface area (Å²) in [6.45, 7) is 1.93. The molecule has 1 aliphatic rings. The number of hydrogen-bond donors (Lipinski definition) is 1. The van der Waals surface area contributed by atoms with E-state index < -0.39 is 11.6 Å². The van der Waals surface area contributed by atoms with Gasteiger partial charge in [0.05, 0.1) is 24.6 Å². The summed E-state index contributed by atoms with van der Waals surface area (Å²) in [5.74, 6) is -0.268. The molecule has 0 amide bonds. The van der Waals surface area contributed by atoms with Crippen LogP contribution in [0.2, 0.25) is 0 Å². The van der Waals surface area contributed by atoms with E-state index in [0.29, 0.717) is 17.3 Å². The van der Waals surface area contributed by atoms with Crippen LogP contribution < -0.4 is 15.6 Å². The van der Waals surface area contributed by atoms with Gasteiger partial charge in [-0.2, -0.15) is 5.10 Å². The summed E-state index contributed by atoms with van der Waals surface area (Å²) < 4.78 is 34.3. The summed E-state index contributed by atoms with van der Waals surface area (Å²) in [5, 5.41) is 7.55. The second-order valence-corrected chi connectivity index (χ2v) is 8.05. The lowest BCUT2D eigenvalue weighted by molar-refractivity contribution is 0.221. The summed E-state index contributed by atoms with van der Waals surface area (Å²) >= 11 is 0. The van der Waals surface area contributed by atoms with E-state index in [1.165, 1.54) is 28.9 Å². The first-order valence-electron chi connectivity index (χ1n) is 10.9. The Morgan fingerprint density at radius 2 is 1.79 bits per heavy atom. The number of hydrogen-bond acceptors (Lipinski definition) is 6. The van der Waals surface area contributed by atoms with Gasteiger partial charge in [0.25, 0.3) is 5.56 Å². The summed E-state index contributed by atoms with van der Waals surface area (Å²) in [6, 6.07) is 13.4. The van der Waals surface area contributed by atoms with Crippen molar-refractivity contribution < 1.29 is 13.5 Å². The van der Waals surface area contributed by atoms with Crippen molar-refractivity contribution in [3.63, 3.8) is 0 Å². The first-order valence-corrected chi connectivity index (χ1v) is 10.9. The van der Waals surface area contributed by atoms with Crippen LogP contribution >= 0.6 is 0 Å². The number of benzene rings is 2. The molecule has 0 bridgehead atoms. The molecule has 1 atom stereocenters. The number of halogens is 2. The fourth-order valence-electron chi connectivity index (χ4n) is 3.85. The number of ether oxygens (including phenoxy) is 1. The van der Waals surface area contributed by atoms with Gasteiger partial charge >= 0.3 is 0 Å². The van der Waals surface area contributed by atoms with Crippen LogP contribution in [0, 0.1) is 11.6 Å². The summed E-state index contributed by atoms with van der Waals surface area (Å²) in [5.41, 5.74) is 1.80. The number of rotatable bonds is 6. The second kappa shape index (κ2) is 9.48. The Morgan fingerprint density at radius 1 is 1.00 bits per heavy atom. The van der Waals surface area contributed by atoms with Crippen molar-refractivity contribution in [2.45, 2.75) is 19.1 Å². The molecule has 1 saturated heterocycles. The largest absolute Gasteiger partial charge is 0.486 e. The standard InChI is InChI=1S/C25H21F2N5O2/c26-19-9-18(10-20(27)11-19)23-4-5-24(33)32(31-23)15-16-2-1-3-17(8-16)25-29-13-22(14-30-25)34-21-6-7-28-12-21/h1-5,8-11,13-14,21,28H,6-7,12,15H2/t21-/m1/s1. The predicted octanol–water partition coefficient (Wildman–Crippen LogP) is 3.43. The summed E-state index contributed by atoms with van der Waals surface area (Å²) in [6.07, 6.45) is 4.39. The highest BCUT2D eigenvalue weighted by atomic mass is 19.1. The molecule has 0 aliphatic carbocycles. The number of nitrogens with zero attached hydrogens (tertiary/aromatic N) is 4. The fourth-order valence-corrected chi connectivity index (χ4v) is 3.85. The molecule has 34 heavy (non-hydrogen) atoms. The lowest BCUT2D eigenvalue weighted by atomic mass is 10.1. The predicted molar refractivity (Wildman–Crippen MR) is 122 cm³/mol. The molecule has 9 heteroatoms. The van der Waals surface area contributed by atoms with E-state index in [-0.39, 0.29) is 23.8 Å². The maximum absolute atomic E-state index is 13.6. The van der Waals surface area contributed by atoms with Crippen LogP contribution in [0.5, 0.6) is 5.75 Å². The van der Waals surface area contributed by atoms with Crippen molar-refractivity contribution in [1.29, 1.82) is 0 Å². The van der Waals surface area contributed by atoms with Gasteiger partial charge in [-0.05, 0) is 42.8 Å². The van der Waals surface area contributed by atoms with Gasteiger partial charge in [0.2, 0.25) is 0 Å². The van der Waals surface area contributed by atoms with Crippen LogP contribution in [0.4, 0.5) is 8.78 Å². The molecule has 0 spiro atoms. The summed E-state index contributed by atoms with van der Waals surface area (Å²) in [4.78, 5) is 21.2. The molecular formula is C25H21F2N5O2. The lowest BCUT2D eigenvalue weighted by Gasteiger charge is -2.12. The molecule has 1 N–H and O–H groups in total. The first kappa shape index (κ1) is 21.8. The highest BCUT2D eigenvalue weighted by molar-refractivity contribution is 5.58. The number of aromatic nitrogens is 4. The van der Waals surface area contributed by atoms with Crippen molar-refractivity contribution in [2.75, 3.05) is 13.1 Å². The Hall–Kier alpha value is -3.98. The highest BCUT2D eigenvalue weighted by Crippen LogP contribution is 2.21. The Balaban J connectivity index is 1.36. The van der Waals surface area contributed by atoms with Crippen molar-refractivity contribution in [1.82, 2.24) is 25.1 Å². The third-order valence-electron chi connectivity index (χ3n) is 5.49. The highest BCUT2D eigenvalue weighted by Gasteiger charge is 2.16. The van der Waals surface area contributed by atoms with Crippen LogP contribution in [-0.2, 0) is 6.54 Å². The van der Waals surface area contributed by atoms with Gasteiger partial charge in [0.1, 0.15) is 17.7 Å². The quantitative estimate of drug-likeness (QED) is 0.474. The average Bonchev–Trinajstić information content (AvgIpc) is 3.34. The minimum atomic E-state index is -0.710.